The number of rotatable bonds is 6. The third-order valence-corrected chi connectivity index (χ3v) is 7.65. The first-order chi connectivity index (χ1) is 17.0. The van der Waals surface area contributed by atoms with Crippen LogP contribution in [0.3, 0.4) is 0 Å². The van der Waals surface area contributed by atoms with Gasteiger partial charge in [-0.25, -0.2) is 4.79 Å². The van der Waals surface area contributed by atoms with Crippen LogP contribution < -0.4 is 10.1 Å². The first-order valence-electron chi connectivity index (χ1n) is 12.4. The predicted octanol–water partition coefficient (Wildman–Crippen LogP) is 6.81. The lowest BCUT2D eigenvalue weighted by Gasteiger charge is -2.40. The number of allylic oxidation sites excluding steroid dienone is 3. The monoisotopic (exact) mass is 551 g/mol. The van der Waals surface area contributed by atoms with Crippen LogP contribution in [0.15, 0.2) is 63.4 Å². The number of para-hydroxylation sites is 1. The second-order valence-corrected chi connectivity index (χ2v) is 11.4. The Balaban J connectivity index is 1.83. The standard InChI is InChI=1S/C30H34BrNO4/c1-7-35-29(34)26-19(4)32-23-14-30(5,6)15-24(33)28(23)27(26)21-13-20(17(2)12-18(21)3)16-36-25-11-9-8-10-22(25)31/h8-13,27,32H,7,14-16H2,1-6H3/t27-/m1/s1. The molecule has 5 nitrogen and oxygen atoms in total. The second-order valence-electron chi connectivity index (χ2n) is 10.5. The summed E-state index contributed by atoms with van der Waals surface area (Å²) >= 11 is 3.54. The maximum absolute atomic E-state index is 13.6. The number of carbonyl (C=O) groups excluding carboxylic acids is 2. The lowest BCUT2D eigenvalue weighted by atomic mass is 9.68. The minimum absolute atomic E-state index is 0.0824. The summed E-state index contributed by atoms with van der Waals surface area (Å²) in [5, 5.41) is 3.40. The van der Waals surface area contributed by atoms with Gasteiger partial charge in [-0.05, 0) is 89.8 Å². The van der Waals surface area contributed by atoms with Gasteiger partial charge in [0.1, 0.15) is 12.4 Å². The summed E-state index contributed by atoms with van der Waals surface area (Å²) in [6.45, 7) is 12.7. The predicted molar refractivity (Wildman–Crippen MR) is 145 cm³/mol. The van der Waals surface area contributed by atoms with Crippen molar-refractivity contribution in [2.45, 2.75) is 66.9 Å². The average Bonchev–Trinajstić information content (AvgIpc) is 2.78. The molecule has 2 aromatic carbocycles. The van der Waals surface area contributed by atoms with E-state index in [1.165, 1.54) is 0 Å². The third-order valence-electron chi connectivity index (χ3n) is 6.99. The van der Waals surface area contributed by atoms with E-state index in [2.05, 4.69) is 54.2 Å². The number of dihydropyridines is 1. The molecule has 0 saturated heterocycles. The molecule has 2 aromatic rings. The maximum Gasteiger partial charge on any atom is 0.336 e. The fourth-order valence-corrected chi connectivity index (χ4v) is 5.73. The number of hydrogen-bond donors (Lipinski definition) is 1. The Bertz CT molecular complexity index is 1290. The van der Waals surface area contributed by atoms with Gasteiger partial charge >= 0.3 is 5.97 Å². The quantitative estimate of drug-likeness (QED) is 0.399. The van der Waals surface area contributed by atoms with Gasteiger partial charge in [0.15, 0.2) is 5.78 Å². The molecule has 1 atom stereocenters. The number of halogens is 1. The molecule has 0 spiro atoms. The summed E-state index contributed by atoms with van der Waals surface area (Å²) in [6, 6.07) is 12.0. The lowest BCUT2D eigenvalue weighted by Crippen LogP contribution is -2.39. The third kappa shape index (κ3) is 5.15. The number of nitrogens with one attached hydrogen (secondary N) is 1. The molecule has 0 unspecified atom stereocenters. The maximum atomic E-state index is 13.6. The number of Topliss-reactive ketones (excluding diaryl/α,β-unsaturated/α-hetero) is 1. The number of hydrogen-bond acceptors (Lipinski definition) is 5. The smallest absolute Gasteiger partial charge is 0.336 e. The van der Waals surface area contributed by atoms with Crippen molar-refractivity contribution < 1.29 is 19.1 Å². The summed E-state index contributed by atoms with van der Waals surface area (Å²) in [5.74, 6) is -0.0213. The van der Waals surface area contributed by atoms with E-state index in [1.54, 1.807) is 6.92 Å². The molecule has 0 saturated carbocycles. The molecule has 1 aliphatic heterocycles. The van der Waals surface area contributed by atoms with Crippen molar-refractivity contribution in [3.05, 3.63) is 85.7 Å². The highest BCUT2D eigenvalue weighted by molar-refractivity contribution is 9.10. The molecule has 2 aliphatic rings. The van der Waals surface area contributed by atoms with Crippen LogP contribution in [0.4, 0.5) is 0 Å². The van der Waals surface area contributed by atoms with Gasteiger partial charge in [0.05, 0.1) is 16.7 Å². The number of ketones is 1. The van der Waals surface area contributed by atoms with Gasteiger partial charge in [-0.2, -0.15) is 0 Å². The Morgan fingerprint density at radius 3 is 2.53 bits per heavy atom. The van der Waals surface area contributed by atoms with Crippen LogP contribution in [0.5, 0.6) is 5.75 Å². The van der Waals surface area contributed by atoms with E-state index in [9.17, 15) is 9.59 Å². The largest absolute Gasteiger partial charge is 0.488 e. The topological polar surface area (TPSA) is 64.6 Å². The summed E-state index contributed by atoms with van der Waals surface area (Å²) in [5.41, 5.74) is 6.79. The number of benzene rings is 2. The van der Waals surface area contributed by atoms with Crippen molar-refractivity contribution in [1.82, 2.24) is 5.32 Å². The lowest BCUT2D eigenvalue weighted by molar-refractivity contribution is -0.138. The van der Waals surface area contributed by atoms with Gasteiger partial charge in [0.25, 0.3) is 0 Å². The molecule has 0 radical (unpaired) electrons. The summed E-state index contributed by atoms with van der Waals surface area (Å²) in [4.78, 5) is 26.8. The summed E-state index contributed by atoms with van der Waals surface area (Å²) < 4.78 is 12.5. The van der Waals surface area contributed by atoms with E-state index >= 15 is 0 Å². The second kappa shape index (κ2) is 10.3. The molecule has 0 amide bonds. The van der Waals surface area contributed by atoms with E-state index in [0.717, 1.165) is 50.3 Å². The van der Waals surface area contributed by atoms with E-state index in [-0.39, 0.29) is 23.8 Å². The van der Waals surface area contributed by atoms with Crippen molar-refractivity contribution in [3.63, 3.8) is 0 Å². The summed E-state index contributed by atoms with van der Waals surface area (Å²) in [6.07, 6.45) is 1.20. The number of ether oxygens (including phenoxy) is 2. The zero-order valence-corrected chi connectivity index (χ0v) is 23.5. The molecule has 1 N–H and O–H groups in total. The Kier molecular flexibility index (Phi) is 7.46. The molecule has 36 heavy (non-hydrogen) atoms. The van der Waals surface area contributed by atoms with Crippen LogP contribution in [0.25, 0.3) is 0 Å². The van der Waals surface area contributed by atoms with Gasteiger partial charge < -0.3 is 14.8 Å². The molecule has 1 aliphatic carbocycles. The van der Waals surface area contributed by atoms with Crippen LogP contribution in [0.2, 0.25) is 0 Å². The molecule has 190 valence electrons. The van der Waals surface area contributed by atoms with E-state index in [1.807, 2.05) is 38.1 Å². The van der Waals surface area contributed by atoms with Gasteiger partial charge in [-0.1, -0.05) is 38.1 Å². The van der Waals surface area contributed by atoms with E-state index in [0.29, 0.717) is 24.2 Å². The Morgan fingerprint density at radius 1 is 1.11 bits per heavy atom. The van der Waals surface area contributed by atoms with Gasteiger partial charge in [0.2, 0.25) is 0 Å². The fourth-order valence-electron chi connectivity index (χ4n) is 5.33. The number of aryl methyl sites for hydroxylation is 2. The van der Waals surface area contributed by atoms with Crippen LogP contribution in [0, 0.1) is 19.3 Å². The van der Waals surface area contributed by atoms with Crippen molar-refractivity contribution in [3.8, 4) is 5.75 Å². The summed E-state index contributed by atoms with van der Waals surface area (Å²) in [7, 11) is 0. The van der Waals surface area contributed by atoms with Crippen molar-refractivity contribution in [2.75, 3.05) is 6.61 Å². The normalized spacial score (nSPS) is 19.1. The molecule has 6 heteroatoms. The molecule has 0 bridgehead atoms. The van der Waals surface area contributed by atoms with Gasteiger partial charge in [-0.3, -0.25) is 4.79 Å². The average molecular weight is 553 g/mol. The van der Waals surface area contributed by atoms with Gasteiger partial charge in [0, 0.05) is 29.3 Å². The Hall–Kier alpha value is -2.86. The SMILES string of the molecule is CCOC(=O)C1=C(C)NC2=C(C(=O)CC(C)(C)C2)[C@@H]1c1cc(COc2ccccc2Br)c(C)cc1C. The minimum Gasteiger partial charge on any atom is -0.488 e. The zero-order valence-electron chi connectivity index (χ0n) is 21.9. The Morgan fingerprint density at radius 2 is 1.83 bits per heavy atom. The minimum atomic E-state index is -0.480. The highest BCUT2D eigenvalue weighted by Gasteiger charge is 2.43. The highest BCUT2D eigenvalue weighted by Crippen LogP contribution is 2.47. The molecule has 0 fully saturated rings. The van der Waals surface area contributed by atoms with Crippen LogP contribution in [0.1, 0.15) is 68.7 Å². The van der Waals surface area contributed by atoms with Crippen molar-refractivity contribution in [2.24, 2.45) is 5.41 Å². The number of carbonyl (C=O) groups is 2. The fraction of sp³-hybridized carbons (Fsp3) is 0.400. The zero-order chi connectivity index (χ0) is 26.2. The van der Waals surface area contributed by atoms with E-state index in [4.69, 9.17) is 9.47 Å². The van der Waals surface area contributed by atoms with Crippen molar-refractivity contribution in [1.29, 1.82) is 0 Å². The molecule has 4 rings (SSSR count). The highest BCUT2D eigenvalue weighted by atomic mass is 79.9. The first-order valence-corrected chi connectivity index (χ1v) is 13.2. The van der Waals surface area contributed by atoms with Crippen LogP contribution >= 0.6 is 15.9 Å². The molecule has 1 heterocycles. The van der Waals surface area contributed by atoms with Crippen LogP contribution in [-0.2, 0) is 20.9 Å². The van der Waals surface area contributed by atoms with Gasteiger partial charge in [-0.15, -0.1) is 0 Å². The van der Waals surface area contributed by atoms with E-state index < -0.39 is 5.92 Å². The molecular weight excluding hydrogens is 518 g/mol. The molecule has 0 aromatic heterocycles. The van der Waals surface area contributed by atoms with Crippen molar-refractivity contribution >= 4 is 27.7 Å². The van der Waals surface area contributed by atoms with Crippen LogP contribution in [-0.4, -0.2) is 18.4 Å². The molecular formula is C30H34BrNO4. The Labute approximate surface area is 222 Å². The number of esters is 1. The first kappa shape index (κ1) is 26.2.